The first kappa shape index (κ1) is 11.1. The van der Waals surface area contributed by atoms with Crippen molar-refractivity contribution in [3.63, 3.8) is 0 Å². The van der Waals surface area contributed by atoms with Crippen LogP contribution in [0, 0.1) is 0 Å². The highest BCUT2D eigenvalue weighted by atomic mass is 16.2. The third-order valence-electron chi connectivity index (χ3n) is 3.05. The predicted octanol–water partition coefficient (Wildman–Crippen LogP) is 1.42. The molecule has 1 saturated carbocycles. The van der Waals surface area contributed by atoms with Crippen LogP contribution in [-0.2, 0) is 6.42 Å². The minimum Gasteiger partial charge on any atom is -0.339 e. The molecule has 3 heteroatoms. The molecule has 0 atom stereocenters. The third kappa shape index (κ3) is 2.42. The second-order valence-electron chi connectivity index (χ2n) is 4.38. The SMILES string of the molecule is CN(C(=O)c1ccc(CCN)cc1)C1CC1. The molecule has 2 N–H and O–H groups in total. The molecule has 86 valence electrons. The number of nitrogens with two attached hydrogens (primary N) is 1. The Balaban J connectivity index is 2.05. The minimum absolute atomic E-state index is 0.127. The van der Waals surface area contributed by atoms with Gasteiger partial charge in [-0.2, -0.15) is 0 Å². The van der Waals surface area contributed by atoms with Gasteiger partial charge in [-0.05, 0) is 43.5 Å². The number of benzene rings is 1. The van der Waals surface area contributed by atoms with Crippen molar-refractivity contribution in [1.82, 2.24) is 4.90 Å². The van der Waals surface area contributed by atoms with Crippen molar-refractivity contribution >= 4 is 5.91 Å². The van der Waals surface area contributed by atoms with Gasteiger partial charge in [-0.15, -0.1) is 0 Å². The van der Waals surface area contributed by atoms with Crippen LogP contribution < -0.4 is 5.73 Å². The third-order valence-corrected chi connectivity index (χ3v) is 3.05. The zero-order valence-corrected chi connectivity index (χ0v) is 9.65. The molecule has 0 heterocycles. The summed E-state index contributed by atoms with van der Waals surface area (Å²) in [4.78, 5) is 13.8. The van der Waals surface area contributed by atoms with E-state index in [1.54, 1.807) is 0 Å². The van der Waals surface area contributed by atoms with Crippen LogP contribution in [0.3, 0.4) is 0 Å². The van der Waals surface area contributed by atoms with Crippen LogP contribution in [0.5, 0.6) is 0 Å². The van der Waals surface area contributed by atoms with Gasteiger partial charge in [0.2, 0.25) is 0 Å². The number of amides is 1. The summed E-state index contributed by atoms with van der Waals surface area (Å²) in [7, 11) is 1.88. The molecule has 1 aromatic rings. The summed E-state index contributed by atoms with van der Waals surface area (Å²) < 4.78 is 0. The molecule has 0 unspecified atom stereocenters. The van der Waals surface area contributed by atoms with Crippen LogP contribution in [-0.4, -0.2) is 30.4 Å². The average Bonchev–Trinajstić information content (AvgIpc) is 3.12. The van der Waals surface area contributed by atoms with E-state index in [2.05, 4.69) is 0 Å². The Morgan fingerprint density at radius 3 is 2.50 bits per heavy atom. The van der Waals surface area contributed by atoms with Crippen LogP contribution in [0.4, 0.5) is 0 Å². The fourth-order valence-electron chi connectivity index (χ4n) is 1.81. The zero-order chi connectivity index (χ0) is 11.5. The van der Waals surface area contributed by atoms with Gasteiger partial charge in [-0.25, -0.2) is 0 Å². The summed E-state index contributed by atoms with van der Waals surface area (Å²) in [5.74, 6) is 0.127. The van der Waals surface area contributed by atoms with E-state index in [1.807, 2.05) is 36.2 Å². The fraction of sp³-hybridized carbons (Fsp3) is 0.462. The normalized spacial score (nSPS) is 14.9. The van der Waals surface area contributed by atoms with E-state index in [-0.39, 0.29) is 5.91 Å². The summed E-state index contributed by atoms with van der Waals surface area (Å²) in [6.07, 6.45) is 3.16. The van der Waals surface area contributed by atoms with Crippen LogP contribution in [0.2, 0.25) is 0 Å². The molecule has 0 radical (unpaired) electrons. The van der Waals surface area contributed by atoms with Gasteiger partial charge in [0, 0.05) is 18.7 Å². The molecule has 0 saturated heterocycles. The second kappa shape index (κ2) is 4.66. The molecule has 1 aliphatic rings. The predicted molar refractivity (Wildman–Crippen MR) is 64.3 cm³/mol. The molecule has 1 fully saturated rings. The maximum atomic E-state index is 12.0. The van der Waals surface area contributed by atoms with Gasteiger partial charge in [-0.1, -0.05) is 12.1 Å². The molecule has 1 amide bonds. The van der Waals surface area contributed by atoms with Crippen molar-refractivity contribution in [1.29, 1.82) is 0 Å². The summed E-state index contributed by atoms with van der Waals surface area (Å²) in [5.41, 5.74) is 7.44. The summed E-state index contributed by atoms with van der Waals surface area (Å²) >= 11 is 0. The van der Waals surface area contributed by atoms with Crippen molar-refractivity contribution in [2.75, 3.05) is 13.6 Å². The lowest BCUT2D eigenvalue weighted by molar-refractivity contribution is 0.0785. The lowest BCUT2D eigenvalue weighted by Gasteiger charge is -2.16. The first-order chi connectivity index (χ1) is 7.72. The molecule has 1 aliphatic carbocycles. The van der Waals surface area contributed by atoms with Crippen molar-refractivity contribution in [3.05, 3.63) is 35.4 Å². The van der Waals surface area contributed by atoms with Crippen LogP contribution in [0.15, 0.2) is 24.3 Å². The Bertz CT molecular complexity index is 368. The Morgan fingerprint density at radius 2 is 2.00 bits per heavy atom. The molecule has 1 aromatic carbocycles. The number of carbonyl (C=O) groups is 1. The molecule has 0 bridgehead atoms. The number of nitrogens with zero attached hydrogens (tertiary/aromatic N) is 1. The minimum atomic E-state index is 0.127. The van der Waals surface area contributed by atoms with E-state index >= 15 is 0 Å². The summed E-state index contributed by atoms with van der Waals surface area (Å²) in [6, 6.07) is 8.23. The highest BCUT2D eigenvalue weighted by molar-refractivity contribution is 5.94. The van der Waals surface area contributed by atoms with Gasteiger partial charge in [-0.3, -0.25) is 4.79 Å². The fourth-order valence-corrected chi connectivity index (χ4v) is 1.81. The Labute approximate surface area is 96.2 Å². The van der Waals surface area contributed by atoms with E-state index in [1.165, 1.54) is 5.56 Å². The van der Waals surface area contributed by atoms with Crippen LogP contribution >= 0.6 is 0 Å². The van der Waals surface area contributed by atoms with Gasteiger partial charge in [0.1, 0.15) is 0 Å². The Hall–Kier alpha value is -1.35. The first-order valence-electron chi connectivity index (χ1n) is 5.78. The van der Waals surface area contributed by atoms with E-state index in [4.69, 9.17) is 5.73 Å². The Morgan fingerprint density at radius 1 is 1.38 bits per heavy atom. The molecule has 3 nitrogen and oxygen atoms in total. The maximum Gasteiger partial charge on any atom is 0.253 e. The highest BCUT2D eigenvalue weighted by Crippen LogP contribution is 2.26. The highest BCUT2D eigenvalue weighted by Gasteiger charge is 2.29. The van der Waals surface area contributed by atoms with Gasteiger partial charge >= 0.3 is 0 Å². The van der Waals surface area contributed by atoms with Gasteiger partial charge in [0.05, 0.1) is 0 Å². The number of hydrogen-bond donors (Lipinski definition) is 1. The van der Waals surface area contributed by atoms with Crippen LogP contribution in [0.1, 0.15) is 28.8 Å². The molecule has 0 aromatic heterocycles. The van der Waals surface area contributed by atoms with E-state index < -0.39 is 0 Å². The lowest BCUT2D eigenvalue weighted by atomic mass is 10.1. The molecule has 0 aliphatic heterocycles. The summed E-state index contributed by atoms with van der Waals surface area (Å²) in [5, 5.41) is 0. The molecule has 0 spiro atoms. The van der Waals surface area contributed by atoms with Crippen molar-refractivity contribution < 1.29 is 4.79 Å². The second-order valence-corrected chi connectivity index (χ2v) is 4.38. The number of carbonyl (C=O) groups excluding carboxylic acids is 1. The number of hydrogen-bond acceptors (Lipinski definition) is 2. The topological polar surface area (TPSA) is 46.3 Å². The quantitative estimate of drug-likeness (QED) is 0.830. The zero-order valence-electron chi connectivity index (χ0n) is 9.65. The first-order valence-corrected chi connectivity index (χ1v) is 5.78. The molecular weight excluding hydrogens is 200 g/mol. The smallest absolute Gasteiger partial charge is 0.253 e. The summed E-state index contributed by atoms with van der Waals surface area (Å²) in [6.45, 7) is 0.648. The lowest BCUT2D eigenvalue weighted by Crippen LogP contribution is -2.28. The van der Waals surface area contributed by atoms with Crippen molar-refractivity contribution in [2.45, 2.75) is 25.3 Å². The monoisotopic (exact) mass is 218 g/mol. The number of rotatable bonds is 4. The van der Waals surface area contributed by atoms with Crippen LogP contribution in [0.25, 0.3) is 0 Å². The van der Waals surface area contributed by atoms with Crippen molar-refractivity contribution in [3.8, 4) is 0 Å². The van der Waals surface area contributed by atoms with Crippen molar-refractivity contribution in [2.24, 2.45) is 5.73 Å². The molecule has 2 rings (SSSR count). The van der Waals surface area contributed by atoms with Gasteiger partial charge in [0.15, 0.2) is 0 Å². The molecule has 16 heavy (non-hydrogen) atoms. The van der Waals surface area contributed by atoms with Gasteiger partial charge < -0.3 is 10.6 Å². The average molecular weight is 218 g/mol. The standard InChI is InChI=1S/C13H18N2O/c1-15(12-6-7-12)13(16)11-4-2-10(3-5-11)8-9-14/h2-5,12H,6-9,14H2,1H3. The van der Waals surface area contributed by atoms with Gasteiger partial charge in [0.25, 0.3) is 5.91 Å². The van der Waals surface area contributed by atoms with E-state index in [0.717, 1.165) is 24.8 Å². The Kier molecular flexibility index (Phi) is 3.25. The van der Waals surface area contributed by atoms with E-state index in [0.29, 0.717) is 12.6 Å². The molecular formula is C13H18N2O. The maximum absolute atomic E-state index is 12.0. The largest absolute Gasteiger partial charge is 0.339 e. The van der Waals surface area contributed by atoms with E-state index in [9.17, 15) is 4.79 Å².